The van der Waals surface area contributed by atoms with E-state index in [1.54, 1.807) is 12.0 Å². The predicted octanol–water partition coefficient (Wildman–Crippen LogP) is 3.48. The molecule has 0 unspecified atom stereocenters. The summed E-state index contributed by atoms with van der Waals surface area (Å²) in [6.07, 6.45) is 2.46. The average Bonchev–Trinajstić information content (AvgIpc) is 3.53. The van der Waals surface area contributed by atoms with E-state index >= 15 is 0 Å². The van der Waals surface area contributed by atoms with E-state index < -0.39 is 6.09 Å². The predicted molar refractivity (Wildman–Crippen MR) is 132 cm³/mol. The molecule has 4 rings (SSSR count). The summed E-state index contributed by atoms with van der Waals surface area (Å²) in [5, 5.41) is 13.7. The van der Waals surface area contributed by atoms with E-state index in [-0.39, 0.29) is 36.9 Å². The number of para-hydroxylation sites is 2. The lowest BCUT2D eigenvalue weighted by Crippen LogP contribution is -2.54. The molecule has 1 saturated heterocycles. The number of benzene rings is 1. The van der Waals surface area contributed by atoms with Gasteiger partial charge in [-0.25, -0.2) is 9.78 Å². The van der Waals surface area contributed by atoms with E-state index in [0.717, 1.165) is 23.9 Å². The van der Waals surface area contributed by atoms with Crippen molar-refractivity contribution < 1.29 is 24.0 Å². The number of carbonyl (C=O) groups excluding carboxylic acids is 1. The molecule has 0 radical (unpaired) electrons. The fraction of sp³-hybridized carbons (Fsp3) is 0.560. The highest BCUT2D eigenvalue weighted by atomic mass is 16.5. The van der Waals surface area contributed by atoms with Gasteiger partial charge in [0.15, 0.2) is 11.6 Å². The second-order valence-corrected chi connectivity index (χ2v) is 9.69. The summed E-state index contributed by atoms with van der Waals surface area (Å²) in [6, 6.07) is 7.38. The van der Waals surface area contributed by atoms with Crippen LogP contribution in [0.2, 0.25) is 0 Å². The van der Waals surface area contributed by atoms with Crippen LogP contribution in [-0.4, -0.2) is 86.0 Å². The third kappa shape index (κ3) is 5.67. The summed E-state index contributed by atoms with van der Waals surface area (Å²) in [5.74, 6) is 0.535. The molecule has 2 aromatic heterocycles. The van der Waals surface area contributed by atoms with Crippen LogP contribution in [0.3, 0.4) is 0 Å². The van der Waals surface area contributed by atoms with Crippen molar-refractivity contribution in [3.05, 3.63) is 42.3 Å². The van der Waals surface area contributed by atoms with Crippen LogP contribution in [0.25, 0.3) is 11.0 Å². The number of likely N-dealkylation sites (tertiary alicyclic amines) is 1. The van der Waals surface area contributed by atoms with Crippen LogP contribution in [0.1, 0.15) is 55.5 Å². The third-order valence-corrected chi connectivity index (χ3v) is 6.53. The standard InChI is InChI=1S/C25H34N6O5/c1-17(2)13-31(19-12-18(22-26-16-36-28-22)14-29(15-19)25(33)34)24(32)23-27-20-8-4-5-9-21(20)30(23)10-6-7-11-35-3/h4-5,8-9,16-19H,6-7,10-15H2,1-3H3,(H,33,34)/t18-,19+/m1/s1. The molecule has 3 heterocycles. The molecule has 1 N–H and O–H groups in total. The largest absolute Gasteiger partial charge is 0.465 e. The number of nitrogens with zero attached hydrogens (tertiary/aromatic N) is 6. The van der Waals surface area contributed by atoms with Gasteiger partial charge in [-0.15, -0.1) is 0 Å². The maximum absolute atomic E-state index is 14.1. The van der Waals surface area contributed by atoms with E-state index in [1.807, 2.05) is 42.7 Å². The van der Waals surface area contributed by atoms with E-state index in [2.05, 4.69) is 10.1 Å². The highest BCUT2D eigenvalue weighted by molar-refractivity contribution is 5.95. The van der Waals surface area contributed by atoms with Gasteiger partial charge in [0.1, 0.15) is 0 Å². The van der Waals surface area contributed by atoms with Crippen LogP contribution in [0.15, 0.2) is 35.2 Å². The molecule has 0 aliphatic carbocycles. The second-order valence-electron chi connectivity index (χ2n) is 9.69. The van der Waals surface area contributed by atoms with Gasteiger partial charge in [-0.3, -0.25) is 4.79 Å². The summed E-state index contributed by atoms with van der Waals surface area (Å²) in [7, 11) is 1.68. The summed E-state index contributed by atoms with van der Waals surface area (Å²) in [6.45, 7) is 6.33. The minimum atomic E-state index is -1.03. The Morgan fingerprint density at radius 3 is 2.75 bits per heavy atom. The second kappa shape index (κ2) is 11.5. The number of rotatable bonds is 10. The van der Waals surface area contributed by atoms with Gasteiger partial charge in [0.2, 0.25) is 6.39 Å². The number of unbranched alkanes of at least 4 members (excludes halogenated alkanes) is 1. The Hall–Kier alpha value is -3.47. The van der Waals surface area contributed by atoms with Crippen LogP contribution in [-0.2, 0) is 11.3 Å². The molecule has 1 aliphatic rings. The zero-order valence-electron chi connectivity index (χ0n) is 21.0. The number of carbonyl (C=O) groups is 2. The molecule has 194 valence electrons. The Labute approximate surface area is 210 Å². The lowest BCUT2D eigenvalue weighted by Gasteiger charge is -2.41. The summed E-state index contributed by atoms with van der Waals surface area (Å²) < 4.78 is 12.1. The van der Waals surface area contributed by atoms with E-state index in [1.165, 1.54) is 11.3 Å². The van der Waals surface area contributed by atoms with Gasteiger partial charge in [0.05, 0.1) is 17.1 Å². The van der Waals surface area contributed by atoms with Crippen molar-refractivity contribution >= 4 is 23.0 Å². The maximum atomic E-state index is 14.1. The first kappa shape index (κ1) is 25.6. The number of aromatic nitrogens is 4. The first-order valence-corrected chi connectivity index (χ1v) is 12.4. The van der Waals surface area contributed by atoms with Gasteiger partial charge in [0.25, 0.3) is 5.91 Å². The number of fused-ring (bicyclic) bond motifs is 1. The van der Waals surface area contributed by atoms with Crippen LogP contribution < -0.4 is 0 Å². The Balaban J connectivity index is 1.68. The molecule has 0 saturated carbocycles. The Morgan fingerprint density at radius 1 is 1.25 bits per heavy atom. The molecule has 0 bridgehead atoms. The number of hydrogen-bond donors (Lipinski definition) is 1. The molecule has 0 spiro atoms. The highest BCUT2D eigenvalue weighted by Crippen LogP contribution is 2.29. The molecule has 1 fully saturated rings. The van der Waals surface area contributed by atoms with Crippen molar-refractivity contribution in [1.29, 1.82) is 0 Å². The third-order valence-electron chi connectivity index (χ3n) is 6.53. The zero-order chi connectivity index (χ0) is 25.7. The molecule has 1 aromatic carbocycles. The fourth-order valence-electron chi connectivity index (χ4n) is 4.90. The number of amides is 2. The van der Waals surface area contributed by atoms with Gasteiger partial charge in [0, 0.05) is 45.8 Å². The summed E-state index contributed by atoms with van der Waals surface area (Å²) >= 11 is 0. The minimum absolute atomic E-state index is 0.178. The minimum Gasteiger partial charge on any atom is -0.465 e. The quantitative estimate of drug-likeness (QED) is 0.421. The maximum Gasteiger partial charge on any atom is 0.407 e. The highest BCUT2D eigenvalue weighted by Gasteiger charge is 2.38. The Kier molecular flexibility index (Phi) is 8.19. The van der Waals surface area contributed by atoms with Crippen molar-refractivity contribution in [2.45, 2.75) is 51.6 Å². The molecule has 11 heteroatoms. The lowest BCUT2D eigenvalue weighted by atomic mass is 9.92. The van der Waals surface area contributed by atoms with Crippen molar-refractivity contribution in [2.75, 3.05) is 33.4 Å². The molecular weight excluding hydrogens is 464 g/mol. The van der Waals surface area contributed by atoms with E-state index in [0.29, 0.717) is 37.8 Å². The van der Waals surface area contributed by atoms with Gasteiger partial charge in [-0.2, -0.15) is 4.98 Å². The molecule has 2 amide bonds. The SMILES string of the molecule is COCCCCn1c(C(=O)N(CC(C)C)[C@H]2C[C@@H](c3ncon3)CN(C(=O)O)C2)nc2ccccc21. The molecule has 2 atom stereocenters. The van der Waals surface area contributed by atoms with Crippen LogP contribution >= 0.6 is 0 Å². The first-order chi connectivity index (χ1) is 17.4. The lowest BCUT2D eigenvalue weighted by molar-refractivity contribution is 0.0452. The summed E-state index contributed by atoms with van der Waals surface area (Å²) in [5.41, 5.74) is 1.67. The molecule has 1 aliphatic heterocycles. The van der Waals surface area contributed by atoms with E-state index in [9.17, 15) is 14.7 Å². The summed E-state index contributed by atoms with van der Waals surface area (Å²) in [4.78, 5) is 38.1. The van der Waals surface area contributed by atoms with Gasteiger partial charge < -0.3 is 28.7 Å². The number of hydrogen-bond acceptors (Lipinski definition) is 7. The number of ether oxygens (including phenoxy) is 1. The number of carboxylic acid groups (broad SMARTS) is 1. The van der Waals surface area contributed by atoms with Crippen molar-refractivity contribution in [1.82, 2.24) is 29.5 Å². The zero-order valence-corrected chi connectivity index (χ0v) is 21.0. The monoisotopic (exact) mass is 498 g/mol. The molecule has 11 nitrogen and oxygen atoms in total. The average molecular weight is 499 g/mol. The first-order valence-electron chi connectivity index (χ1n) is 12.4. The topological polar surface area (TPSA) is 127 Å². The normalized spacial score (nSPS) is 18.2. The van der Waals surface area contributed by atoms with Crippen molar-refractivity contribution in [2.24, 2.45) is 5.92 Å². The number of imidazole rings is 1. The molecule has 3 aromatic rings. The molecule has 36 heavy (non-hydrogen) atoms. The van der Waals surface area contributed by atoms with Crippen molar-refractivity contribution in [3.63, 3.8) is 0 Å². The van der Waals surface area contributed by atoms with Crippen LogP contribution in [0.4, 0.5) is 4.79 Å². The Bertz CT molecular complexity index is 1160. The van der Waals surface area contributed by atoms with Crippen LogP contribution in [0.5, 0.6) is 0 Å². The molecular formula is C25H34N6O5. The Morgan fingerprint density at radius 2 is 2.06 bits per heavy atom. The number of piperidine rings is 1. The fourth-order valence-corrected chi connectivity index (χ4v) is 4.90. The van der Waals surface area contributed by atoms with Gasteiger partial charge in [-0.1, -0.05) is 31.1 Å². The number of aryl methyl sites for hydroxylation is 1. The van der Waals surface area contributed by atoms with Crippen molar-refractivity contribution in [3.8, 4) is 0 Å². The number of methoxy groups -OCH3 is 1. The van der Waals surface area contributed by atoms with E-state index in [4.69, 9.17) is 14.2 Å². The van der Waals surface area contributed by atoms with Gasteiger partial charge in [-0.05, 0) is 37.3 Å². The smallest absolute Gasteiger partial charge is 0.407 e. The van der Waals surface area contributed by atoms with Crippen LogP contribution in [0, 0.1) is 5.92 Å². The van der Waals surface area contributed by atoms with Gasteiger partial charge >= 0.3 is 6.09 Å².